The number of esters is 1. The normalized spacial score (nSPS) is 20.9. The Morgan fingerprint density at radius 2 is 2.02 bits per heavy atom. The Balaban J connectivity index is 1.42. The zero-order valence-electron chi connectivity index (χ0n) is 23.0. The number of nitrogens with zero attached hydrogens (tertiary/aromatic N) is 2. The molecule has 214 valence electrons. The van der Waals surface area contributed by atoms with E-state index in [1.165, 1.54) is 6.07 Å². The van der Waals surface area contributed by atoms with E-state index in [1.807, 2.05) is 10.6 Å². The maximum Gasteiger partial charge on any atom is 0.343 e. The highest BCUT2D eigenvalue weighted by atomic mass is 32.1. The van der Waals surface area contributed by atoms with E-state index in [0.717, 1.165) is 22.1 Å². The first kappa shape index (κ1) is 26.9. The van der Waals surface area contributed by atoms with Crippen molar-refractivity contribution in [3.8, 4) is 11.4 Å². The number of amides is 1. The average molecular weight is 586 g/mol. The molecule has 1 aliphatic carbocycles. The summed E-state index contributed by atoms with van der Waals surface area (Å²) < 4.78 is 22.8. The van der Waals surface area contributed by atoms with E-state index in [4.69, 9.17) is 21.9 Å². The van der Waals surface area contributed by atoms with Gasteiger partial charge in [0.25, 0.3) is 5.91 Å². The standard InChI is InChI=1S/C32H28FN3O5S/c1-3-32(40)20-11-24-27-18(13-36(24)30(42)19(20)14-41-31(32)39)26-22(35-29(38)28(37)16-7-5-4-6-8-16)10-9-17-15(2)21(33)12-23(34-27)25(17)26/h4-8,11-12,22,28,37,40H,3,9-10,13-14H2,1-2H3,(H,35,38)/t22-,28?,32+/m1/s1. The molecule has 8 nitrogen and oxygen atoms in total. The molecular weight excluding hydrogens is 557 g/mol. The summed E-state index contributed by atoms with van der Waals surface area (Å²) in [6.07, 6.45) is -0.211. The van der Waals surface area contributed by atoms with E-state index in [0.29, 0.717) is 63.2 Å². The van der Waals surface area contributed by atoms with Crippen LogP contribution in [0.15, 0.2) is 42.5 Å². The molecule has 4 heterocycles. The molecule has 3 atom stereocenters. The number of aryl methyl sites for hydroxylation is 1. The minimum atomic E-state index is -1.84. The Bertz CT molecular complexity index is 1910. The lowest BCUT2D eigenvalue weighted by Gasteiger charge is -2.32. The summed E-state index contributed by atoms with van der Waals surface area (Å²) in [6, 6.07) is 11.4. The van der Waals surface area contributed by atoms with Gasteiger partial charge in [-0.3, -0.25) is 4.79 Å². The SMILES string of the molecule is CC[C@@]1(O)C(=O)OCc2c1cc1n(c2=S)Cc2c-1nc1cc(F)c(C)c3c1c2[C@H](NC(=O)C(O)c1ccccc1)CC3. The van der Waals surface area contributed by atoms with Crippen molar-refractivity contribution in [2.45, 2.75) is 64.0 Å². The number of cyclic esters (lactones) is 1. The number of hydrogen-bond donors (Lipinski definition) is 3. The highest BCUT2D eigenvalue weighted by Crippen LogP contribution is 2.47. The molecule has 10 heteroatoms. The zero-order chi connectivity index (χ0) is 29.5. The number of halogens is 1. The number of aromatic nitrogens is 2. The Kier molecular flexibility index (Phi) is 6.09. The van der Waals surface area contributed by atoms with Crippen molar-refractivity contribution in [3.63, 3.8) is 0 Å². The number of rotatable bonds is 4. The van der Waals surface area contributed by atoms with Gasteiger partial charge in [-0.25, -0.2) is 14.2 Å². The molecule has 1 amide bonds. The second kappa shape index (κ2) is 9.52. The van der Waals surface area contributed by atoms with E-state index in [1.54, 1.807) is 44.2 Å². The van der Waals surface area contributed by atoms with Gasteiger partial charge in [0, 0.05) is 28.1 Å². The molecule has 3 N–H and O–H groups in total. The predicted molar refractivity (Wildman–Crippen MR) is 154 cm³/mol. The molecule has 0 bridgehead atoms. The van der Waals surface area contributed by atoms with Crippen LogP contribution < -0.4 is 5.32 Å². The molecule has 2 aromatic heterocycles. The molecular formula is C32H28FN3O5S. The molecule has 4 aromatic rings. The molecule has 0 saturated carbocycles. The van der Waals surface area contributed by atoms with Crippen LogP contribution in [0, 0.1) is 17.4 Å². The molecule has 3 aliphatic rings. The van der Waals surface area contributed by atoms with Gasteiger partial charge in [0.1, 0.15) is 17.1 Å². The fourth-order valence-corrected chi connectivity index (χ4v) is 7.07. The van der Waals surface area contributed by atoms with Crippen LogP contribution in [0.1, 0.15) is 70.9 Å². The number of hydrogen-bond acceptors (Lipinski definition) is 7. The second-order valence-electron chi connectivity index (χ2n) is 11.2. The van der Waals surface area contributed by atoms with E-state index in [2.05, 4.69) is 5.32 Å². The van der Waals surface area contributed by atoms with Gasteiger partial charge in [-0.1, -0.05) is 49.5 Å². The lowest BCUT2D eigenvalue weighted by molar-refractivity contribution is -0.172. The van der Waals surface area contributed by atoms with E-state index in [-0.39, 0.29) is 18.8 Å². The number of nitrogens with one attached hydrogen (secondary N) is 1. The van der Waals surface area contributed by atoms with Crippen molar-refractivity contribution < 1.29 is 28.9 Å². The summed E-state index contributed by atoms with van der Waals surface area (Å²) in [4.78, 5) is 30.9. The Labute approximate surface area is 245 Å². The third-order valence-electron chi connectivity index (χ3n) is 9.06. The van der Waals surface area contributed by atoms with Crippen LogP contribution in [0.2, 0.25) is 0 Å². The maximum absolute atomic E-state index is 15.1. The third kappa shape index (κ3) is 3.71. The summed E-state index contributed by atoms with van der Waals surface area (Å²) in [5, 5.41) is 26.0. The first-order valence-electron chi connectivity index (χ1n) is 14.0. The van der Waals surface area contributed by atoms with Crippen molar-refractivity contribution in [1.29, 1.82) is 0 Å². The topological polar surface area (TPSA) is 114 Å². The summed E-state index contributed by atoms with van der Waals surface area (Å²) in [7, 11) is 0. The summed E-state index contributed by atoms with van der Waals surface area (Å²) in [5.74, 6) is -1.61. The predicted octanol–water partition coefficient (Wildman–Crippen LogP) is 4.73. The molecule has 1 unspecified atom stereocenters. The first-order chi connectivity index (χ1) is 20.1. The number of pyridine rings is 2. The quantitative estimate of drug-likeness (QED) is 0.206. The van der Waals surface area contributed by atoms with Crippen LogP contribution in [-0.4, -0.2) is 31.6 Å². The average Bonchev–Trinajstić information content (AvgIpc) is 3.37. The summed E-state index contributed by atoms with van der Waals surface area (Å²) in [6.45, 7) is 3.75. The van der Waals surface area contributed by atoms with Crippen LogP contribution >= 0.6 is 12.2 Å². The lowest BCUT2D eigenvalue weighted by atomic mass is 9.81. The van der Waals surface area contributed by atoms with Crippen molar-refractivity contribution in [1.82, 2.24) is 14.9 Å². The molecule has 0 radical (unpaired) electrons. The number of carbonyl (C=O) groups excluding carboxylic acids is 2. The van der Waals surface area contributed by atoms with Crippen molar-refractivity contribution in [2.24, 2.45) is 0 Å². The molecule has 2 aliphatic heterocycles. The number of benzene rings is 2. The van der Waals surface area contributed by atoms with Crippen molar-refractivity contribution in [3.05, 3.63) is 91.9 Å². The van der Waals surface area contributed by atoms with Crippen LogP contribution in [0.5, 0.6) is 0 Å². The monoisotopic (exact) mass is 585 g/mol. The largest absolute Gasteiger partial charge is 0.458 e. The lowest BCUT2D eigenvalue weighted by Crippen LogP contribution is -2.41. The van der Waals surface area contributed by atoms with Crippen LogP contribution in [-0.2, 0) is 39.5 Å². The van der Waals surface area contributed by atoms with E-state index in [9.17, 15) is 19.8 Å². The van der Waals surface area contributed by atoms with E-state index >= 15 is 4.39 Å². The number of ether oxygens (including phenoxy) is 1. The number of carbonyl (C=O) groups is 2. The van der Waals surface area contributed by atoms with Crippen molar-refractivity contribution >= 4 is 35.0 Å². The number of aliphatic hydroxyl groups excluding tert-OH is 1. The second-order valence-corrected chi connectivity index (χ2v) is 11.6. The van der Waals surface area contributed by atoms with Gasteiger partial charge in [-0.15, -0.1) is 0 Å². The van der Waals surface area contributed by atoms with Gasteiger partial charge < -0.3 is 24.8 Å². The van der Waals surface area contributed by atoms with Crippen LogP contribution in [0.4, 0.5) is 4.39 Å². The minimum Gasteiger partial charge on any atom is -0.458 e. The van der Waals surface area contributed by atoms with Crippen molar-refractivity contribution in [2.75, 3.05) is 0 Å². The Morgan fingerprint density at radius 3 is 2.76 bits per heavy atom. The molecule has 0 fully saturated rings. The first-order valence-corrected chi connectivity index (χ1v) is 14.4. The molecule has 0 spiro atoms. The smallest absolute Gasteiger partial charge is 0.343 e. The summed E-state index contributed by atoms with van der Waals surface area (Å²) >= 11 is 5.87. The third-order valence-corrected chi connectivity index (χ3v) is 9.52. The fraction of sp³-hybridized carbons (Fsp3) is 0.312. The van der Waals surface area contributed by atoms with Gasteiger partial charge in [0.2, 0.25) is 0 Å². The Morgan fingerprint density at radius 1 is 1.26 bits per heavy atom. The van der Waals surface area contributed by atoms with Crippen LogP contribution in [0.25, 0.3) is 22.3 Å². The number of aliphatic hydroxyl groups is 2. The number of fused-ring (bicyclic) bond motifs is 5. The zero-order valence-corrected chi connectivity index (χ0v) is 23.8. The molecule has 42 heavy (non-hydrogen) atoms. The van der Waals surface area contributed by atoms with Gasteiger partial charge >= 0.3 is 5.97 Å². The fourth-order valence-electron chi connectivity index (χ4n) is 6.74. The molecule has 0 saturated heterocycles. The maximum atomic E-state index is 15.1. The summed E-state index contributed by atoms with van der Waals surface area (Å²) in [5.41, 5.74) is 4.27. The van der Waals surface area contributed by atoms with E-state index < -0.39 is 29.6 Å². The highest BCUT2D eigenvalue weighted by molar-refractivity contribution is 7.71. The van der Waals surface area contributed by atoms with Gasteiger partial charge in [0.05, 0.1) is 29.5 Å². The Hall–Kier alpha value is -3.99. The molecule has 2 aromatic carbocycles. The van der Waals surface area contributed by atoms with Crippen LogP contribution in [0.3, 0.4) is 0 Å². The van der Waals surface area contributed by atoms with Gasteiger partial charge in [-0.05, 0) is 54.5 Å². The van der Waals surface area contributed by atoms with Gasteiger partial charge in [-0.2, -0.15) is 0 Å². The minimum absolute atomic E-state index is 0.0428. The molecule has 7 rings (SSSR count). The highest BCUT2D eigenvalue weighted by Gasteiger charge is 2.45. The van der Waals surface area contributed by atoms with Gasteiger partial charge in [0.15, 0.2) is 11.7 Å².